The van der Waals surface area contributed by atoms with E-state index in [1.165, 1.54) is 5.56 Å². The Bertz CT molecular complexity index is 801. The topological polar surface area (TPSA) is 55.1 Å². The number of aromatic nitrogens is 2. The second kappa shape index (κ2) is 5.05. The zero-order valence-corrected chi connectivity index (χ0v) is 11.9. The Morgan fingerprint density at radius 3 is 2.48 bits per heavy atom. The van der Waals surface area contributed by atoms with Crippen LogP contribution in [-0.4, -0.2) is 20.6 Å². The number of carboxylic acid groups (broad SMARTS) is 1. The maximum absolute atomic E-state index is 11.2. The van der Waals surface area contributed by atoms with E-state index in [-0.39, 0.29) is 5.56 Å². The maximum Gasteiger partial charge on any atom is 0.337 e. The van der Waals surface area contributed by atoms with Crippen molar-refractivity contribution in [1.29, 1.82) is 0 Å². The first-order valence-corrected chi connectivity index (χ1v) is 6.87. The van der Waals surface area contributed by atoms with Crippen LogP contribution in [0.4, 0.5) is 0 Å². The standard InChI is InChI=1S/C17H16N2O2/c1-11(2)12-6-8-13(9-7-12)19-10-18-16-14(17(20)21)4-3-5-15(16)19/h3-11H,1-2H3,(H,20,21). The molecule has 106 valence electrons. The smallest absolute Gasteiger partial charge is 0.337 e. The average Bonchev–Trinajstić information content (AvgIpc) is 2.90. The quantitative estimate of drug-likeness (QED) is 0.793. The van der Waals surface area contributed by atoms with Gasteiger partial charge >= 0.3 is 5.97 Å². The summed E-state index contributed by atoms with van der Waals surface area (Å²) in [6, 6.07) is 13.4. The van der Waals surface area contributed by atoms with E-state index in [4.69, 9.17) is 0 Å². The number of fused-ring (bicyclic) bond motifs is 1. The van der Waals surface area contributed by atoms with E-state index in [1.807, 2.05) is 22.8 Å². The third-order valence-corrected chi connectivity index (χ3v) is 3.64. The predicted octanol–water partition coefficient (Wildman–Crippen LogP) is 3.85. The molecule has 1 heterocycles. The van der Waals surface area contributed by atoms with Gasteiger partial charge in [-0.05, 0) is 35.7 Å². The molecule has 0 atom stereocenters. The first-order valence-electron chi connectivity index (χ1n) is 6.87. The molecule has 0 bridgehead atoms. The monoisotopic (exact) mass is 280 g/mol. The average molecular weight is 280 g/mol. The van der Waals surface area contributed by atoms with E-state index in [9.17, 15) is 9.90 Å². The molecule has 1 aromatic heterocycles. The molecule has 0 radical (unpaired) electrons. The van der Waals surface area contributed by atoms with Crippen LogP contribution in [0, 0.1) is 0 Å². The highest BCUT2D eigenvalue weighted by Gasteiger charge is 2.13. The van der Waals surface area contributed by atoms with E-state index in [2.05, 4.69) is 31.0 Å². The van der Waals surface area contributed by atoms with Crippen molar-refractivity contribution in [1.82, 2.24) is 9.55 Å². The zero-order valence-electron chi connectivity index (χ0n) is 11.9. The van der Waals surface area contributed by atoms with Gasteiger partial charge in [0.1, 0.15) is 11.8 Å². The number of para-hydroxylation sites is 1. The molecular formula is C17H16N2O2. The van der Waals surface area contributed by atoms with Gasteiger partial charge in [0, 0.05) is 5.69 Å². The Balaban J connectivity index is 2.13. The summed E-state index contributed by atoms with van der Waals surface area (Å²) in [5, 5.41) is 9.21. The molecule has 3 aromatic rings. The van der Waals surface area contributed by atoms with Crippen molar-refractivity contribution in [2.45, 2.75) is 19.8 Å². The molecule has 0 amide bonds. The summed E-state index contributed by atoms with van der Waals surface area (Å²) < 4.78 is 1.91. The predicted molar refractivity (Wildman–Crippen MR) is 82.1 cm³/mol. The molecular weight excluding hydrogens is 264 g/mol. The van der Waals surface area contributed by atoms with E-state index < -0.39 is 5.97 Å². The number of imidazole rings is 1. The Morgan fingerprint density at radius 2 is 1.86 bits per heavy atom. The summed E-state index contributed by atoms with van der Waals surface area (Å²) in [7, 11) is 0. The van der Waals surface area contributed by atoms with Crippen molar-refractivity contribution >= 4 is 17.0 Å². The van der Waals surface area contributed by atoms with Crippen LogP contribution in [0.2, 0.25) is 0 Å². The maximum atomic E-state index is 11.2. The minimum Gasteiger partial charge on any atom is -0.478 e. The van der Waals surface area contributed by atoms with Gasteiger partial charge < -0.3 is 5.11 Å². The molecule has 0 spiro atoms. The van der Waals surface area contributed by atoms with E-state index in [1.54, 1.807) is 18.5 Å². The van der Waals surface area contributed by atoms with Crippen molar-refractivity contribution in [2.75, 3.05) is 0 Å². The largest absolute Gasteiger partial charge is 0.478 e. The molecule has 0 saturated heterocycles. The molecule has 0 aliphatic heterocycles. The summed E-state index contributed by atoms with van der Waals surface area (Å²) in [5.74, 6) is -0.474. The molecule has 0 fully saturated rings. The van der Waals surface area contributed by atoms with Crippen LogP contribution < -0.4 is 0 Å². The summed E-state index contributed by atoms with van der Waals surface area (Å²) in [6.07, 6.45) is 1.67. The fraction of sp³-hybridized carbons (Fsp3) is 0.176. The number of carbonyl (C=O) groups is 1. The molecule has 3 rings (SSSR count). The number of aromatic carboxylic acids is 1. The van der Waals surface area contributed by atoms with Crippen molar-refractivity contribution in [3.63, 3.8) is 0 Å². The number of benzene rings is 2. The van der Waals surface area contributed by atoms with Gasteiger partial charge in [0.2, 0.25) is 0 Å². The molecule has 0 unspecified atom stereocenters. The van der Waals surface area contributed by atoms with Crippen LogP contribution in [0.15, 0.2) is 48.8 Å². The minimum absolute atomic E-state index is 0.227. The Hall–Kier alpha value is -2.62. The normalized spacial score (nSPS) is 11.2. The van der Waals surface area contributed by atoms with Crippen LogP contribution in [0.25, 0.3) is 16.7 Å². The SMILES string of the molecule is CC(C)c1ccc(-n2cnc3c(C(=O)O)cccc32)cc1. The molecule has 0 aliphatic carbocycles. The van der Waals surface area contributed by atoms with Crippen LogP contribution >= 0.6 is 0 Å². The fourth-order valence-electron chi connectivity index (χ4n) is 2.44. The second-order valence-electron chi connectivity index (χ2n) is 5.34. The number of hydrogen-bond acceptors (Lipinski definition) is 2. The van der Waals surface area contributed by atoms with Gasteiger partial charge in [-0.15, -0.1) is 0 Å². The van der Waals surface area contributed by atoms with Crippen molar-refractivity contribution in [2.24, 2.45) is 0 Å². The van der Waals surface area contributed by atoms with Gasteiger partial charge in [-0.25, -0.2) is 9.78 Å². The summed E-state index contributed by atoms with van der Waals surface area (Å²) in [5.41, 5.74) is 3.79. The van der Waals surface area contributed by atoms with Crippen molar-refractivity contribution in [3.8, 4) is 5.69 Å². The molecule has 0 saturated carbocycles. The van der Waals surface area contributed by atoms with Crippen molar-refractivity contribution < 1.29 is 9.90 Å². The van der Waals surface area contributed by atoms with Gasteiger partial charge in [-0.3, -0.25) is 4.57 Å². The van der Waals surface area contributed by atoms with Gasteiger partial charge in [0.05, 0.1) is 11.1 Å². The Labute approximate surface area is 122 Å². The van der Waals surface area contributed by atoms with Gasteiger partial charge in [-0.2, -0.15) is 0 Å². The summed E-state index contributed by atoms with van der Waals surface area (Å²) in [4.78, 5) is 15.5. The lowest BCUT2D eigenvalue weighted by molar-refractivity contribution is 0.0699. The van der Waals surface area contributed by atoms with E-state index in [0.717, 1.165) is 11.2 Å². The lowest BCUT2D eigenvalue weighted by atomic mass is 10.0. The molecule has 4 nitrogen and oxygen atoms in total. The number of hydrogen-bond donors (Lipinski definition) is 1. The molecule has 21 heavy (non-hydrogen) atoms. The Kier molecular flexibility index (Phi) is 3.22. The lowest BCUT2D eigenvalue weighted by Gasteiger charge is -2.08. The first-order chi connectivity index (χ1) is 10.1. The number of nitrogens with zero attached hydrogens (tertiary/aromatic N) is 2. The van der Waals surface area contributed by atoms with Crippen molar-refractivity contribution in [3.05, 3.63) is 59.9 Å². The highest BCUT2D eigenvalue weighted by Crippen LogP contribution is 2.23. The first kappa shape index (κ1) is 13.4. The number of rotatable bonds is 3. The van der Waals surface area contributed by atoms with E-state index in [0.29, 0.717) is 11.4 Å². The fourth-order valence-corrected chi connectivity index (χ4v) is 2.44. The molecule has 2 aromatic carbocycles. The summed E-state index contributed by atoms with van der Waals surface area (Å²) >= 11 is 0. The van der Waals surface area contributed by atoms with Crippen LogP contribution in [-0.2, 0) is 0 Å². The lowest BCUT2D eigenvalue weighted by Crippen LogP contribution is -1.98. The van der Waals surface area contributed by atoms with Gasteiger partial charge in [-0.1, -0.05) is 32.0 Å². The third-order valence-electron chi connectivity index (χ3n) is 3.64. The Morgan fingerprint density at radius 1 is 1.14 bits per heavy atom. The number of carboxylic acids is 1. The summed E-state index contributed by atoms with van der Waals surface area (Å²) in [6.45, 7) is 4.31. The van der Waals surface area contributed by atoms with Gasteiger partial charge in [0.25, 0.3) is 0 Å². The van der Waals surface area contributed by atoms with Crippen LogP contribution in [0.5, 0.6) is 0 Å². The van der Waals surface area contributed by atoms with E-state index >= 15 is 0 Å². The molecule has 4 heteroatoms. The van der Waals surface area contributed by atoms with Crippen LogP contribution in [0.3, 0.4) is 0 Å². The third kappa shape index (κ3) is 2.29. The van der Waals surface area contributed by atoms with Gasteiger partial charge in [0.15, 0.2) is 0 Å². The highest BCUT2D eigenvalue weighted by atomic mass is 16.4. The highest BCUT2D eigenvalue weighted by molar-refractivity contribution is 6.01. The second-order valence-corrected chi connectivity index (χ2v) is 5.34. The molecule has 0 aliphatic rings. The molecule has 1 N–H and O–H groups in total. The zero-order chi connectivity index (χ0) is 15.0. The van der Waals surface area contributed by atoms with Crippen LogP contribution in [0.1, 0.15) is 35.7 Å². The minimum atomic E-state index is -0.957.